The van der Waals surface area contributed by atoms with Crippen molar-refractivity contribution in [3.63, 3.8) is 0 Å². The maximum absolute atomic E-state index is 12.2. The molecule has 108 valence electrons. The van der Waals surface area contributed by atoms with Crippen LogP contribution in [0.5, 0.6) is 0 Å². The summed E-state index contributed by atoms with van der Waals surface area (Å²) in [5.41, 5.74) is 0.707. The fourth-order valence-electron chi connectivity index (χ4n) is 2.35. The number of carbonyl (C=O) groups excluding carboxylic acids is 1. The third-order valence-corrected chi connectivity index (χ3v) is 4.07. The van der Waals surface area contributed by atoms with Gasteiger partial charge in [0.05, 0.1) is 12.3 Å². The van der Waals surface area contributed by atoms with Crippen LogP contribution in [0.15, 0.2) is 18.2 Å². The molecule has 1 unspecified atom stereocenters. The summed E-state index contributed by atoms with van der Waals surface area (Å²) >= 11 is 11.9. The first-order valence-corrected chi connectivity index (χ1v) is 7.17. The summed E-state index contributed by atoms with van der Waals surface area (Å²) in [5.74, 6) is -1.40. The zero-order valence-electron chi connectivity index (χ0n) is 10.8. The van der Waals surface area contributed by atoms with Gasteiger partial charge in [0.15, 0.2) is 0 Å². The largest absolute Gasteiger partial charge is 0.481 e. The Kier molecular flexibility index (Phi) is 4.89. The van der Waals surface area contributed by atoms with Crippen LogP contribution in [-0.2, 0) is 16.0 Å². The molecular weight excluding hydrogens is 301 g/mol. The van der Waals surface area contributed by atoms with E-state index in [1.165, 1.54) is 0 Å². The van der Waals surface area contributed by atoms with Crippen molar-refractivity contribution >= 4 is 35.1 Å². The van der Waals surface area contributed by atoms with Crippen LogP contribution in [-0.4, -0.2) is 35.0 Å². The highest BCUT2D eigenvalue weighted by molar-refractivity contribution is 6.35. The van der Waals surface area contributed by atoms with Gasteiger partial charge >= 0.3 is 5.97 Å². The van der Waals surface area contributed by atoms with E-state index in [1.54, 1.807) is 23.1 Å². The Balaban J connectivity index is 2.02. The number of piperidine rings is 1. The van der Waals surface area contributed by atoms with Crippen LogP contribution in [0.1, 0.15) is 18.4 Å². The minimum absolute atomic E-state index is 0.0971. The van der Waals surface area contributed by atoms with Gasteiger partial charge in [0.1, 0.15) is 0 Å². The molecule has 0 saturated carbocycles. The number of carbonyl (C=O) groups is 2. The summed E-state index contributed by atoms with van der Waals surface area (Å²) < 4.78 is 0. The Morgan fingerprint density at radius 1 is 1.35 bits per heavy atom. The smallest absolute Gasteiger partial charge is 0.308 e. The second kappa shape index (κ2) is 6.46. The highest BCUT2D eigenvalue weighted by Crippen LogP contribution is 2.23. The van der Waals surface area contributed by atoms with Gasteiger partial charge in [-0.05, 0) is 30.5 Å². The number of hydrogen-bond acceptors (Lipinski definition) is 2. The molecule has 1 N–H and O–H groups in total. The van der Waals surface area contributed by atoms with Gasteiger partial charge in [0.2, 0.25) is 5.91 Å². The second-order valence-electron chi connectivity index (χ2n) is 4.93. The Bertz CT molecular complexity index is 533. The molecule has 0 spiro atoms. The molecule has 1 saturated heterocycles. The number of likely N-dealkylation sites (tertiary alicyclic amines) is 1. The lowest BCUT2D eigenvalue weighted by Gasteiger charge is -2.30. The summed E-state index contributed by atoms with van der Waals surface area (Å²) in [6, 6.07) is 5.01. The highest BCUT2D eigenvalue weighted by atomic mass is 35.5. The van der Waals surface area contributed by atoms with E-state index in [1.807, 2.05) is 0 Å². The number of nitrogens with zero attached hydrogens (tertiary/aromatic N) is 1. The molecule has 0 aliphatic carbocycles. The number of hydrogen-bond donors (Lipinski definition) is 1. The lowest BCUT2D eigenvalue weighted by atomic mass is 9.97. The van der Waals surface area contributed by atoms with Gasteiger partial charge in [0.25, 0.3) is 0 Å². The molecule has 1 heterocycles. The molecule has 1 aliphatic heterocycles. The minimum atomic E-state index is -0.841. The monoisotopic (exact) mass is 315 g/mol. The minimum Gasteiger partial charge on any atom is -0.481 e. The molecule has 6 heteroatoms. The number of rotatable bonds is 3. The van der Waals surface area contributed by atoms with Gasteiger partial charge in [-0.2, -0.15) is 0 Å². The highest BCUT2D eigenvalue weighted by Gasteiger charge is 2.28. The van der Waals surface area contributed by atoms with Gasteiger partial charge in [-0.1, -0.05) is 29.3 Å². The summed E-state index contributed by atoms with van der Waals surface area (Å²) in [6.07, 6.45) is 1.51. The van der Waals surface area contributed by atoms with Gasteiger partial charge in [0, 0.05) is 23.1 Å². The first kappa shape index (κ1) is 15.1. The Morgan fingerprint density at radius 3 is 2.75 bits per heavy atom. The molecule has 2 rings (SSSR count). The molecule has 20 heavy (non-hydrogen) atoms. The lowest BCUT2D eigenvalue weighted by Crippen LogP contribution is -2.43. The van der Waals surface area contributed by atoms with Crippen molar-refractivity contribution in [2.45, 2.75) is 19.3 Å². The van der Waals surface area contributed by atoms with Crippen molar-refractivity contribution in [3.8, 4) is 0 Å². The third kappa shape index (κ3) is 3.64. The maximum Gasteiger partial charge on any atom is 0.308 e. The number of carboxylic acids is 1. The molecule has 1 aromatic carbocycles. The molecule has 1 aliphatic rings. The van der Waals surface area contributed by atoms with Crippen molar-refractivity contribution in [2.75, 3.05) is 13.1 Å². The van der Waals surface area contributed by atoms with Gasteiger partial charge in [-0.3, -0.25) is 9.59 Å². The summed E-state index contributed by atoms with van der Waals surface area (Å²) in [7, 11) is 0. The predicted octanol–water partition coefficient (Wildman–Crippen LogP) is 2.86. The molecule has 0 aromatic heterocycles. The number of halogens is 2. The van der Waals surface area contributed by atoms with E-state index in [4.69, 9.17) is 28.3 Å². The van der Waals surface area contributed by atoms with Crippen molar-refractivity contribution in [1.29, 1.82) is 0 Å². The molecule has 0 radical (unpaired) electrons. The molecule has 1 fully saturated rings. The van der Waals surface area contributed by atoms with Crippen LogP contribution in [0.25, 0.3) is 0 Å². The zero-order valence-corrected chi connectivity index (χ0v) is 12.3. The quantitative estimate of drug-likeness (QED) is 0.933. The first-order valence-electron chi connectivity index (χ1n) is 6.42. The number of carboxylic acid groups (broad SMARTS) is 1. The fraction of sp³-hybridized carbons (Fsp3) is 0.429. The van der Waals surface area contributed by atoms with Crippen molar-refractivity contribution in [1.82, 2.24) is 4.90 Å². The normalized spacial score (nSPS) is 18.9. The van der Waals surface area contributed by atoms with Crippen molar-refractivity contribution in [3.05, 3.63) is 33.8 Å². The van der Waals surface area contributed by atoms with Crippen molar-refractivity contribution < 1.29 is 14.7 Å². The van der Waals surface area contributed by atoms with Gasteiger partial charge in [-0.25, -0.2) is 0 Å². The van der Waals surface area contributed by atoms with E-state index in [0.29, 0.717) is 28.6 Å². The standard InChI is InChI=1S/C14H15Cl2NO3/c15-11-4-3-9(12(16)7-11)6-13(18)17-5-1-2-10(8-17)14(19)20/h3-4,7,10H,1-2,5-6,8H2,(H,19,20). The summed E-state index contributed by atoms with van der Waals surface area (Å²) in [5, 5.41) is 10.0. The Labute approximate surface area is 127 Å². The van der Waals surface area contributed by atoms with E-state index in [0.717, 1.165) is 6.42 Å². The SMILES string of the molecule is O=C(O)C1CCCN(C(=O)Cc2ccc(Cl)cc2Cl)C1. The molecule has 0 bridgehead atoms. The predicted molar refractivity (Wildman–Crippen MR) is 77.1 cm³/mol. The van der Waals surface area contributed by atoms with Crippen LogP contribution in [0.3, 0.4) is 0 Å². The third-order valence-electron chi connectivity index (χ3n) is 3.48. The summed E-state index contributed by atoms with van der Waals surface area (Å²) in [4.78, 5) is 24.8. The van der Waals surface area contributed by atoms with E-state index in [-0.39, 0.29) is 18.9 Å². The zero-order chi connectivity index (χ0) is 14.7. The molecule has 1 aromatic rings. The lowest BCUT2D eigenvalue weighted by molar-refractivity contribution is -0.145. The van der Waals surface area contributed by atoms with E-state index in [9.17, 15) is 9.59 Å². The van der Waals surface area contributed by atoms with E-state index < -0.39 is 11.9 Å². The number of aliphatic carboxylic acids is 1. The van der Waals surface area contributed by atoms with E-state index >= 15 is 0 Å². The average Bonchev–Trinajstić information content (AvgIpc) is 2.42. The fourth-order valence-corrected chi connectivity index (χ4v) is 2.82. The van der Waals surface area contributed by atoms with Crippen LogP contribution in [0.2, 0.25) is 10.0 Å². The van der Waals surface area contributed by atoms with Crippen LogP contribution >= 0.6 is 23.2 Å². The topological polar surface area (TPSA) is 57.6 Å². The van der Waals surface area contributed by atoms with Crippen LogP contribution in [0, 0.1) is 5.92 Å². The number of amides is 1. The average molecular weight is 316 g/mol. The van der Waals surface area contributed by atoms with Crippen LogP contribution < -0.4 is 0 Å². The molecular formula is C14H15Cl2NO3. The number of benzene rings is 1. The second-order valence-corrected chi connectivity index (χ2v) is 5.77. The maximum atomic E-state index is 12.2. The van der Waals surface area contributed by atoms with Crippen molar-refractivity contribution in [2.24, 2.45) is 5.92 Å². The first-order chi connectivity index (χ1) is 9.47. The Hall–Kier alpha value is -1.26. The van der Waals surface area contributed by atoms with Gasteiger partial charge < -0.3 is 10.0 Å². The van der Waals surface area contributed by atoms with Gasteiger partial charge in [-0.15, -0.1) is 0 Å². The van der Waals surface area contributed by atoms with Crippen LogP contribution in [0.4, 0.5) is 0 Å². The molecule has 1 atom stereocenters. The van der Waals surface area contributed by atoms with E-state index in [2.05, 4.69) is 0 Å². The molecule has 4 nitrogen and oxygen atoms in total. The Morgan fingerprint density at radius 2 is 2.10 bits per heavy atom. The molecule has 1 amide bonds. The summed E-state index contributed by atoms with van der Waals surface area (Å²) in [6.45, 7) is 0.882.